The van der Waals surface area contributed by atoms with Crippen LogP contribution in [0.4, 0.5) is 13.9 Å². The lowest BCUT2D eigenvalue weighted by atomic mass is 10.0. The number of nitrogens with one attached hydrogen (secondary N) is 1. The van der Waals surface area contributed by atoms with E-state index in [4.69, 9.17) is 0 Å². The van der Waals surface area contributed by atoms with E-state index in [0.29, 0.717) is 16.1 Å². The number of hydrogen-bond donors (Lipinski definition) is 2. The van der Waals surface area contributed by atoms with E-state index in [1.807, 2.05) is 0 Å². The number of amides is 1. The van der Waals surface area contributed by atoms with Crippen molar-refractivity contribution in [2.45, 2.75) is 4.90 Å². The van der Waals surface area contributed by atoms with Crippen LogP contribution in [0.15, 0.2) is 71.6 Å². The Labute approximate surface area is 185 Å². The lowest BCUT2D eigenvalue weighted by Gasteiger charge is -2.09. The van der Waals surface area contributed by atoms with Crippen molar-refractivity contribution in [1.29, 1.82) is 0 Å². The van der Waals surface area contributed by atoms with Crippen LogP contribution in [0.5, 0.6) is 0 Å². The van der Waals surface area contributed by atoms with Gasteiger partial charge in [-0.3, -0.25) is 14.7 Å². The molecular formula is C21H13F2N3O4S2. The highest BCUT2D eigenvalue weighted by Crippen LogP contribution is 2.34. The molecule has 0 atom stereocenters. The second-order valence-corrected chi connectivity index (χ2v) is 8.88. The second-order valence-electron chi connectivity index (χ2n) is 6.52. The van der Waals surface area contributed by atoms with Gasteiger partial charge in [0.1, 0.15) is 27.1 Å². The smallest absolute Gasteiger partial charge is 0.295 e. The lowest BCUT2D eigenvalue weighted by Crippen LogP contribution is -2.15. The maximum absolute atomic E-state index is 13.8. The van der Waals surface area contributed by atoms with Crippen molar-refractivity contribution in [3.05, 3.63) is 83.9 Å². The molecule has 0 spiro atoms. The number of benzene rings is 3. The third-order valence-electron chi connectivity index (χ3n) is 4.42. The Hall–Kier alpha value is -3.54. The van der Waals surface area contributed by atoms with Gasteiger partial charge in [0.2, 0.25) is 5.13 Å². The van der Waals surface area contributed by atoms with E-state index < -0.39 is 33.2 Å². The van der Waals surface area contributed by atoms with Gasteiger partial charge in [0.15, 0.2) is 0 Å². The minimum Gasteiger partial charge on any atom is -0.296 e. The molecule has 0 aliphatic rings. The maximum atomic E-state index is 13.8. The molecule has 32 heavy (non-hydrogen) atoms. The Balaban J connectivity index is 1.68. The standard InChI is InChI=1S/C21H13F2N3O4S2/c22-15-7-4-8-16(23)18(15)19(27)24-21-26-25-20(31-21)13-9-10-17(32(28,29)30)14(11-13)12-5-2-1-3-6-12/h1-11H,(H,24,26,27)(H,28,29,30). The van der Waals surface area contributed by atoms with Gasteiger partial charge in [0, 0.05) is 11.1 Å². The molecule has 0 aliphatic carbocycles. The van der Waals surface area contributed by atoms with Crippen LogP contribution in [0.2, 0.25) is 0 Å². The van der Waals surface area contributed by atoms with E-state index in [-0.39, 0.29) is 15.6 Å². The summed E-state index contributed by atoms with van der Waals surface area (Å²) >= 11 is 0.927. The van der Waals surface area contributed by atoms with Crippen LogP contribution >= 0.6 is 11.3 Å². The zero-order chi connectivity index (χ0) is 22.9. The second kappa shape index (κ2) is 8.54. The predicted octanol–water partition coefficient (Wildman–Crippen LogP) is 4.65. The van der Waals surface area contributed by atoms with Gasteiger partial charge < -0.3 is 0 Å². The summed E-state index contributed by atoms with van der Waals surface area (Å²) in [5.74, 6) is -3.05. The van der Waals surface area contributed by atoms with Crippen molar-refractivity contribution >= 4 is 32.5 Å². The zero-order valence-electron chi connectivity index (χ0n) is 16.0. The number of hydrogen-bond acceptors (Lipinski definition) is 6. The summed E-state index contributed by atoms with van der Waals surface area (Å²) < 4.78 is 60.8. The van der Waals surface area contributed by atoms with Gasteiger partial charge in [-0.2, -0.15) is 8.42 Å². The molecule has 1 amide bonds. The lowest BCUT2D eigenvalue weighted by molar-refractivity contribution is 0.101. The third kappa shape index (κ3) is 4.40. The number of nitrogens with zero attached hydrogens (tertiary/aromatic N) is 2. The Bertz CT molecular complexity index is 1400. The summed E-state index contributed by atoms with van der Waals surface area (Å²) in [4.78, 5) is 12.0. The van der Waals surface area contributed by atoms with Crippen molar-refractivity contribution in [2.24, 2.45) is 0 Å². The Morgan fingerprint density at radius 2 is 1.59 bits per heavy atom. The summed E-state index contributed by atoms with van der Waals surface area (Å²) in [6, 6.07) is 15.8. The Morgan fingerprint density at radius 1 is 0.906 bits per heavy atom. The van der Waals surface area contributed by atoms with Gasteiger partial charge in [0.25, 0.3) is 16.0 Å². The van der Waals surface area contributed by atoms with Crippen molar-refractivity contribution in [2.75, 3.05) is 5.32 Å². The zero-order valence-corrected chi connectivity index (χ0v) is 17.6. The molecule has 4 aromatic rings. The normalized spacial score (nSPS) is 11.3. The van der Waals surface area contributed by atoms with Gasteiger partial charge in [-0.05, 0) is 29.8 Å². The molecule has 1 aromatic heterocycles. The molecule has 7 nitrogen and oxygen atoms in total. The SMILES string of the molecule is O=C(Nc1nnc(-c2ccc(S(=O)(=O)O)c(-c3ccccc3)c2)s1)c1c(F)cccc1F. The van der Waals surface area contributed by atoms with E-state index in [2.05, 4.69) is 15.5 Å². The summed E-state index contributed by atoms with van der Waals surface area (Å²) in [7, 11) is -4.49. The first-order valence-corrected chi connectivity index (χ1v) is 11.3. The summed E-state index contributed by atoms with van der Waals surface area (Å²) in [6.45, 7) is 0. The highest BCUT2D eigenvalue weighted by molar-refractivity contribution is 7.86. The number of halogens is 2. The first kappa shape index (κ1) is 21.7. The van der Waals surface area contributed by atoms with Crippen LogP contribution in [-0.2, 0) is 10.1 Å². The van der Waals surface area contributed by atoms with E-state index in [0.717, 1.165) is 29.5 Å². The predicted molar refractivity (Wildman–Crippen MR) is 115 cm³/mol. The molecule has 0 fully saturated rings. The molecule has 0 saturated heterocycles. The maximum Gasteiger partial charge on any atom is 0.295 e. The summed E-state index contributed by atoms with van der Waals surface area (Å²) in [6.07, 6.45) is 0. The third-order valence-corrected chi connectivity index (χ3v) is 6.22. The van der Waals surface area contributed by atoms with Crippen molar-refractivity contribution < 1.29 is 26.5 Å². The molecule has 0 aliphatic heterocycles. The fraction of sp³-hybridized carbons (Fsp3) is 0. The van der Waals surface area contributed by atoms with Crippen molar-refractivity contribution in [1.82, 2.24) is 10.2 Å². The van der Waals surface area contributed by atoms with Gasteiger partial charge in [-0.15, -0.1) is 10.2 Å². The van der Waals surface area contributed by atoms with Gasteiger partial charge in [0.05, 0.1) is 0 Å². The quantitative estimate of drug-likeness (QED) is 0.409. The van der Waals surface area contributed by atoms with E-state index in [1.165, 1.54) is 18.2 Å². The highest BCUT2D eigenvalue weighted by atomic mass is 32.2. The fourth-order valence-electron chi connectivity index (χ4n) is 3.00. The first-order chi connectivity index (χ1) is 15.2. The largest absolute Gasteiger partial charge is 0.296 e. The number of carbonyl (C=O) groups excluding carboxylic acids is 1. The van der Waals surface area contributed by atoms with Crippen LogP contribution in [0.3, 0.4) is 0 Å². The molecule has 0 bridgehead atoms. The van der Waals surface area contributed by atoms with Crippen molar-refractivity contribution in [3.63, 3.8) is 0 Å². The number of anilines is 1. The highest BCUT2D eigenvalue weighted by Gasteiger charge is 2.21. The average Bonchev–Trinajstić information content (AvgIpc) is 3.21. The summed E-state index contributed by atoms with van der Waals surface area (Å²) in [5, 5.41) is 10.4. The number of carbonyl (C=O) groups is 1. The van der Waals surface area contributed by atoms with E-state index >= 15 is 0 Å². The van der Waals surface area contributed by atoms with E-state index in [1.54, 1.807) is 30.3 Å². The topological polar surface area (TPSA) is 109 Å². The van der Waals surface area contributed by atoms with Crippen LogP contribution in [0.1, 0.15) is 10.4 Å². The number of rotatable bonds is 5. The molecule has 4 rings (SSSR count). The molecule has 0 saturated carbocycles. The average molecular weight is 473 g/mol. The monoisotopic (exact) mass is 473 g/mol. The van der Waals surface area contributed by atoms with E-state index in [9.17, 15) is 26.5 Å². The van der Waals surface area contributed by atoms with Crippen molar-refractivity contribution in [3.8, 4) is 21.7 Å². The molecule has 1 heterocycles. The Kier molecular flexibility index (Phi) is 5.78. The molecule has 2 N–H and O–H groups in total. The molecule has 162 valence electrons. The van der Waals surface area contributed by atoms with Crippen LogP contribution < -0.4 is 5.32 Å². The molecule has 0 radical (unpaired) electrons. The Morgan fingerprint density at radius 3 is 2.25 bits per heavy atom. The van der Waals surface area contributed by atoms with Crippen LogP contribution in [0.25, 0.3) is 21.7 Å². The molecule has 0 unspecified atom stereocenters. The number of aromatic nitrogens is 2. The molecular weight excluding hydrogens is 460 g/mol. The first-order valence-electron chi connectivity index (χ1n) is 9.00. The molecule has 3 aromatic carbocycles. The summed E-state index contributed by atoms with van der Waals surface area (Å²) in [5.41, 5.74) is 0.523. The van der Waals surface area contributed by atoms with Gasteiger partial charge in [-0.25, -0.2) is 8.78 Å². The van der Waals surface area contributed by atoms with Crippen LogP contribution in [-0.4, -0.2) is 29.1 Å². The van der Waals surface area contributed by atoms with Gasteiger partial charge >= 0.3 is 0 Å². The fourth-order valence-corrected chi connectivity index (χ4v) is 4.43. The minimum atomic E-state index is -4.49. The van der Waals surface area contributed by atoms with Gasteiger partial charge in [-0.1, -0.05) is 53.8 Å². The van der Waals surface area contributed by atoms with Crippen LogP contribution in [0, 0.1) is 11.6 Å². The minimum absolute atomic E-state index is 0.00669. The molecule has 11 heteroatoms.